The van der Waals surface area contributed by atoms with E-state index >= 15 is 0 Å². The summed E-state index contributed by atoms with van der Waals surface area (Å²) in [6, 6.07) is 10.0. The summed E-state index contributed by atoms with van der Waals surface area (Å²) in [5, 5.41) is 14.7. The summed E-state index contributed by atoms with van der Waals surface area (Å²) in [6.07, 6.45) is 0.933. The first-order chi connectivity index (χ1) is 13.5. The number of hydrogen-bond donors (Lipinski definition) is 1. The van der Waals surface area contributed by atoms with Crippen LogP contribution in [0.2, 0.25) is 10.0 Å². The summed E-state index contributed by atoms with van der Waals surface area (Å²) in [5.41, 5.74) is 3.17. The minimum Gasteiger partial charge on any atom is -0.271 e. The number of amides is 1. The number of carbonyl (C=O) groups is 1. The SMILES string of the molecule is C/C(=N/NC(=O)CN(c1cccc(Cl)c1Cl)S(C)(=O)=O)c1ccc([N+](=O)[O-])cc1. The molecule has 0 spiro atoms. The topological polar surface area (TPSA) is 122 Å². The third-order valence-corrected chi connectivity index (χ3v) is 5.67. The van der Waals surface area contributed by atoms with Crippen molar-refractivity contribution in [2.45, 2.75) is 6.92 Å². The minimum atomic E-state index is -3.84. The maximum atomic E-state index is 12.3. The molecule has 0 aromatic heterocycles. The van der Waals surface area contributed by atoms with Crippen molar-refractivity contribution in [3.63, 3.8) is 0 Å². The molecule has 2 rings (SSSR count). The lowest BCUT2D eigenvalue weighted by molar-refractivity contribution is -0.384. The molecule has 0 bridgehead atoms. The fraction of sp³-hybridized carbons (Fsp3) is 0.176. The number of non-ortho nitro benzene ring substituents is 1. The number of halogens is 2. The van der Waals surface area contributed by atoms with Crippen molar-refractivity contribution in [2.24, 2.45) is 5.10 Å². The van der Waals surface area contributed by atoms with Crippen LogP contribution in [0.1, 0.15) is 12.5 Å². The molecule has 154 valence electrons. The zero-order valence-corrected chi connectivity index (χ0v) is 17.6. The van der Waals surface area contributed by atoms with Crippen LogP contribution in [0.3, 0.4) is 0 Å². The Morgan fingerprint density at radius 1 is 1.21 bits per heavy atom. The van der Waals surface area contributed by atoms with Gasteiger partial charge in [-0.2, -0.15) is 5.10 Å². The Balaban J connectivity index is 2.17. The Kier molecular flexibility index (Phi) is 7.17. The van der Waals surface area contributed by atoms with Gasteiger partial charge in [-0.3, -0.25) is 19.2 Å². The van der Waals surface area contributed by atoms with Gasteiger partial charge in [-0.25, -0.2) is 13.8 Å². The van der Waals surface area contributed by atoms with Crippen molar-refractivity contribution in [3.05, 3.63) is 68.2 Å². The van der Waals surface area contributed by atoms with Gasteiger partial charge in [0.05, 0.1) is 32.6 Å². The van der Waals surface area contributed by atoms with Gasteiger partial charge in [0.1, 0.15) is 6.54 Å². The Morgan fingerprint density at radius 3 is 2.38 bits per heavy atom. The maximum absolute atomic E-state index is 12.3. The van der Waals surface area contributed by atoms with Gasteiger partial charge in [-0.15, -0.1) is 0 Å². The molecule has 1 N–H and O–H groups in total. The summed E-state index contributed by atoms with van der Waals surface area (Å²) < 4.78 is 25.1. The summed E-state index contributed by atoms with van der Waals surface area (Å²) in [4.78, 5) is 22.4. The van der Waals surface area contributed by atoms with Crippen LogP contribution in [0.4, 0.5) is 11.4 Å². The highest BCUT2D eigenvalue weighted by molar-refractivity contribution is 7.92. The first-order valence-corrected chi connectivity index (χ1v) is 10.6. The Labute approximate surface area is 177 Å². The number of nitrogens with one attached hydrogen (secondary N) is 1. The van der Waals surface area contributed by atoms with E-state index in [0.29, 0.717) is 11.3 Å². The highest BCUT2D eigenvalue weighted by Gasteiger charge is 2.23. The monoisotopic (exact) mass is 458 g/mol. The number of carbonyl (C=O) groups excluding carboxylic acids is 1. The molecule has 0 atom stereocenters. The van der Waals surface area contributed by atoms with Crippen LogP contribution in [0.5, 0.6) is 0 Å². The first kappa shape index (κ1) is 22.6. The Bertz CT molecular complexity index is 1070. The molecule has 2 aromatic rings. The maximum Gasteiger partial charge on any atom is 0.269 e. The molecule has 0 saturated heterocycles. The zero-order chi connectivity index (χ0) is 21.8. The first-order valence-electron chi connectivity index (χ1n) is 8.00. The number of hydrazone groups is 1. The van der Waals surface area contributed by atoms with Gasteiger partial charge in [0.25, 0.3) is 11.6 Å². The van der Waals surface area contributed by atoms with Gasteiger partial charge < -0.3 is 0 Å². The summed E-state index contributed by atoms with van der Waals surface area (Å²) in [5.74, 6) is -0.715. The predicted octanol–water partition coefficient (Wildman–Crippen LogP) is 3.21. The quantitative estimate of drug-likeness (QED) is 0.387. The molecule has 0 unspecified atom stereocenters. The minimum absolute atomic E-state index is 0.00190. The van der Waals surface area contributed by atoms with Crippen LogP contribution in [-0.4, -0.2) is 37.8 Å². The van der Waals surface area contributed by atoms with E-state index in [1.165, 1.54) is 42.5 Å². The van der Waals surface area contributed by atoms with Gasteiger partial charge >= 0.3 is 0 Å². The smallest absolute Gasteiger partial charge is 0.269 e. The number of hydrogen-bond acceptors (Lipinski definition) is 6. The van der Waals surface area contributed by atoms with E-state index in [4.69, 9.17) is 23.2 Å². The van der Waals surface area contributed by atoms with Gasteiger partial charge in [-0.1, -0.05) is 29.3 Å². The summed E-state index contributed by atoms with van der Waals surface area (Å²) in [7, 11) is -3.84. The second-order valence-electron chi connectivity index (χ2n) is 5.88. The van der Waals surface area contributed by atoms with Crippen molar-refractivity contribution < 1.29 is 18.1 Å². The lowest BCUT2D eigenvalue weighted by Crippen LogP contribution is -2.39. The van der Waals surface area contributed by atoms with Crippen LogP contribution in [0.15, 0.2) is 47.6 Å². The lowest BCUT2D eigenvalue weighted by atomic mass is 10.1. The van der Waals surface area contributed by atoms with E-state index in [1.807, 2.05) is 0 Å². The standard InChI is InChI=1S/C17H16Cl2N4O5S/c1-11(12-6-8-13(9-7-12)23(25)26)20-21-16(24)10-22(29(2,27)28)15-5-3-4-14(18)17(15)19/h3-9H,10H2,1-2H3,(H,21,24)/b20-11-. The molecule has 0 radical (unpaired) electrons. The largest absolute Gasteiger partial charge is 0.271 e. The van der Waals surface area contributed by atoms with Crippen molar-refractivity contribution >= 4 is 56.2 Å². The molecule has 0 aliphatic rings. The van der Waals surface area contributed by atoms with Crippen molar-refractivity contribution in [1.82, 2.24) is 5.43 Å². The van der Waals surface area contributed by atoms with Gasteiger partial charge in [0.15, 0.2) is 0 Å². The summed E-state index contributed by atoms with van der Waals surface area (Å²) in [6.45, 7) is 1.01. The third-order valence-electron chi connectivity index (χ3n) is 3.73. The van der Waals surface area contributed by atoms with Crippen LogP contribution >= 0.6 is 23.2 Å². The highest BCUT2D eigenvalue weighted by Crippen LogP contribution is 2.33. The molecule has 12 heteroatoms. The van der Waals surface area contributed by atoms with Crippen molar-refractivity contribution in [3.8, 4) is 0 Å². The molecular weight excluding hydrogens is 443 g/mol. The second kappa shape index (κ2) is 9.21. The fourth-order valence-electron chi connectivity index (χ4n) is 2.27. The lowest BCUT2D eigenvalue weighted by Gasteiger charge is -2.22. The van der Waals surface area contributed by atoms with E-state index in [1.54, 1.807) is 6.92 Å². The molecule has 0 aliphatic carbocycles. The van der Waals surface area contributed by atoms with E-state index in [-0.39, 0.29) is 21.4 Å². The highest BCUT2D eigenvalue weighted by atomic mass is 35.5. The number of rotatable bonds is 7. The van der Waals surface area contributed by atoms with E-state index in [0.717, 1.165) is 10.6 Å². The second-order valence-corrected chi connectivity index (χ2v) is 8.57. The molecule has 1 amide bonds. The van der Waals surface area contributed by atoms with Crippen LogP contribution in [0, 0.1) is 10.1 Å². The number of nitrogens with zero attached hydrogens (tertiary/aromatic N) is 3. The third kappa shape index (κ3) is 5.89. The normalized spacial score (nSPS) is 11.8. The number of anilines is 1. The molecule has 0 heterocycles. The van der Waals surface area contributed by atoms with E-state index in [2.05, 4.69) is 10.5 Å². The summed E-state index contributed by atoms with van der Waals surface area (Å²) >= 11 is 12.0. The van der Waals surface area contributed by atoms with Gasteiger partial charge in [-0.05, 0) is 36.8 Å². The Morgan fingerprint density at radius 2 is 1.83 bits per heavy atom. The zero-order valence-electron chi connectivity index (χ0n) is 15.3. The average Bonchev–Trinajstić information content (AvgIpc) is 2.66. The van der Waals surface area contributed by atoms with Crippen molar-refractivity contribution in [1.29, 1.82) is 0 Å². The molecular formula is C17H16Cl2N4O5S. The number of sulfonamides is 1. The van der Waals surface area contributed by atoms with Crippen LogP contribution in [0.25, 0.3) is 0 Å². The van der Waals surface area contributed by atoms with E-state index in [9.17, 15) is 23.3 Å². The molecule has 9 nitrogen and oxygen atoms in total. The van der Waals surface area contributed by atoms with Gasteiger partial charge in [0, 0.05) is 12.1 Å². The van der Waals surface area contributed by atoms with Crippen LogP contribution < -0.4 is 9.73 Å². The fourth-order valence-corrected chi connectivity index (χ4v) is 3.58. The molecule has 0 saturated carbocycles. The van der Waals surface area contributed by atoms with Crippen LogP contribution in [-0.2, 0) is 14.8 Å². The molecule has 29 heavy (non-hydrogen) atoms. The predicted molar refractivity (Wildman–Crippen MR) is 112 cm³/mol. The Hall–Kier alpha value is -2.69. The van der Waals surface area contributed by atoms with E-state index < -0.39 is 27.4 Å². The number of benzene rings is 2. The average molecular weight is 459 g/mol. The molecule has 0 aliphatic heterocycles. The number of nitro benzene ring substituents is 1. The molecule has 2 aromatic carbocycles. The molecule has 0 fully saturated rings. The number of nitro groups is 1. The van der Waals surface area contributed by atoms with Gasteiger partial charge in [0.2, 0.25) is 10.0 Å². The van der Waals surface area contributed by atoms with Crippen molar-refractivity contribution in [2.75, 3.05) is 17.1 Å².